The number of fused-ring (bicyclic) bond motifs is 1. The Hall–Kier alpha value is -2.40. The van der Waals surface area contributed by atoms with Crippen LogP contribution in [0.4, 0.5) is 0 Å². The van der Waals surface area contributed by atoms with Gasteiger partial charge in [-0.25, -0.2) is 9.50 Å². The summed E-state index contributed by atoms with van der Waals surface area (Å²) in [6, 6.07) is 7.79. The monoisotopic (exact) mass is 413 g/mol. The second kappa shape index (κ2) is 7.79. The molecule has 1 unspecified atom stereocenters. The van der Waals surface area contributed by atoms with Gasteiger partial charge in [-0.1, -0.05) is 57.8 Å². The number of carboxylic acid groups (broad SMARTS) is 1. The molecule has 0 fully saturated rings. The lowest BCUT2D eigenvalue weighted by Crippen LogP contribution is -2.17. The van der Waals surface area contributed by atoms with Crippen LogP contribution in [0.25, 0.3) is 16.9 Å². The number of aromatic nitrogens is 3. The Bertz CT molecular complexity index is 1080. The van der Waals surface area contributed by atoms with E-state index >= 15 is 0 Å². The largest absolute Gasteiger partial charge is 0.481 e. The lowest BCUT2D eigenvalue weighted by atomic mass is 9.89. The quantitative estimate of drug-likeness (QED) is 0.562. The van der Waals surface area contributed by atoms with Crippen molar-refractivity contribution in [1.82, 2.24) is 14.6 Å². The number of hydrogen-bond acceptors (Lipinski definition) is 3. The van der Waals surface area contributed by atoms with E-state index in [9.17, 15) is 9.90 Å². The molecular formula is C23H28ClN3O2. The van der Waals surface area contributed by atoms with Gasteiger partial charge in [-0.3, -0.25) is 4.79 Å². The van der Waals surface area contributed by atoms with Crippen molar-refractivity contribution >= 4 is 23.2 Å². The molecule has 3 rings (SSSR count). The van der Waals surface area contributed by atoms with Gasteiger partial charge in [0.05, 0.1) is 22.3 Å². The molecule has 29 heavy (non-hydrogen) atoms. The minimum Gasteiger partial charge on any atom is -0.481 e. The molecule has 2 heterocycles. The van der Waals surface area contributed by atoms with E-state index in [0.29, 0.717) is 34.0 Å². The number of nitrogens with zero attached hydrogens (tertiary/aromatic N) is 3. The summed E-state index contributed by atoms with van der Waals surface area (Å²) in [5, 5.41) is 15.4. The Morgan fingerprint density at radius 1 is 1.24 bits per heavy atom. The Balaban J connectivity index is 2.46. The fourth-order valence-corrected chi connectivity index (χ4v) is 3.99. The summed E-state index contributed by atoms with van der Waals surface area (Å²) in [7, 11) is 0. The minimum atomic E-state index is -0.858. The van der Waals surface area contributed by atoms with Crippen LogP contribution < -0.4 is 0 Å². The zero-order chi connectivity index (χ0) is 21.5. The summed E-state index contributed by atoms with van der Waals surface area (Å²) in [5.41, 5.74) is 5.35. The van der Waals surface area contributed by atoms with E-state index in [1.807, 2.05) is 45.0 Å². The van der Waals surface area contributed by atoms with Crippen LogP contribution in [0.15, 0.2) is 24.3 Å². The van der Waals surface area contributed by atoms with E-state index in [-0.39, 0.29) is 5.41 Å². The maximum atomic E-state index is 12.2. The fourth-order valence-electron chi connectivity index (χ4n) is 3.67. The van der Waals surface area contributed by atoms with Gasteiger partial charge in [-0.15, -0.1) is 0 Å². The zero-order valence-corrected chi connectivity index (χ0v) is 18.6. The number of benzene rings is 1. The highest BCUT2D eigenvalue weighted by Gasteiger charge is 2.30. The summed E-state index contributed by atoms with van der Waals surface area (Å²) in [6.45, 7) is 12.1. The van der Waals surface area contributed by atoms with Crippen LogP contribution in [0, 0.1) is 13.8 Å². The van der Waals surface area contributed by atoms with Crippen molar-refractivity contribution in [3.63, 3.8) is 0 Å². The molecule has 0 spiro atoms. The molecular weight excluding hydrogens is 386 g/mol. The van der Waals surface area contributed by atoms with E-state index in [1.54, 1.807) is 4.52 Å². The molecule has 0 amide bonds. The molecule has 0 radical (unpaired) electrons. The summed E-state index contributed by atoms with van der Waals surface area (Å²) in [5.74, 6) is -1.53. The lowest BCUT2D eigenvalue weighted by Gasteiger charge is -2.20. The van der Waals surface area contributed by atoms with Gasteiger partial charge in [0.15, 0.2) is 5.65 Å². The number of halogens is 1. The number of carboxylic acids is 1. The van der Waals surface area contributed by atoms with Gasteiger partial charge in [0.2, 0.25) is 0 Å². The summed E-state index contributed by atoms with van der Waals surface area (Å²) >= 11 is 6.64. The van der Waals surface area contributed by atoms with E-state index < -0.39 is 11.9 Å². The Kier molecular flexibility index (Phi) is 5.72. The third-order valence-electron chi connectivity index (χ3n) is 5.20. The second-order valence-electron chi connectivity index (χ2n) is 8.67. The summed E-state index contributed by atoms with van der Waals surface area (Å²) < 4.78 is 1.77. The van der Waals surface area contributed by atoms with E-state index in [0.717, 1.165) is 23.2 Å². The molecule has 1 N–H and O–H groups in total. The van der Waals surface area contributed by atoms with Crippen molar-refractivity contribution in [3.05, 3.63) is 51.8 Å². The molecule has 6 heteroatoms. The van der Waals surface area contributed by atoms with Gasteiger partial charge >= 0.3 is 5.97 Å². The zero-order valence-electron chi connectivity index (χ0n) is 17.9. The molecule has 0 saturated carbocycles. The predicted octanol–water partition coefficient (Wildman–Crippen LogP) is 5.93. The van der Waals surface area contributed by atoms with Crippen LogP contribution in [-0.2, 0) is 10.2 Å². The highest BCUT2D eigenvalue weighted by molar-refractivity contribution is 6.33. The first kappa shape index (κ1) is 21.3. The standard InChI is InChI=1S/C23H28ClN3O2/c1-7-8-16(22(28)29)20-14(3)25-19-12-18(23(4,5)6)26-27(19)21(20)15-10-9-13(2)11-17(15)24/h9-12,16H,7-8H2,1-6H3,(H,28,29). The average Bonchev–Trinajstić information content (AvgIpc) is 3.03. The predicted molar refractivity (Wildman–Crippen MR) is 117 cm³/mol. The highest BCUT2D eigenvalue weighted by atomic mass is 35.5. The number of hydrogen-bond donors (Lipinski definition) is 1. The van der Waals surface area contributed by atoms with Crippen LogP contribution in [-0.4, -0.2) is 25.7 Å². The van der Waals surface area contributed by atoms with Crippen molar-refractivity contribution in [2.45, 2.75) is 65.7 Å². The first-order valence-corrected chi connectivity index (χ1v) is 10.3. The fraction of sp³-hybridized carbons (Fsp3) is 0.435. The smallest absolute Gasteiger partial charge is 0.311 e. The molecule has 3 aromatic rings. The number of carbonyl (C=O) groups is 1. The van der Waals surface area contributed by atoms with Gasteiger partial charge in [-0.2, -0.15) is 5.10 Å². The molecule has 1 aromatic carbocycles. The molecule has 1 atom stereocenters. The van der Waals surface area contributed by atoms with Crippen LogP contribution >= 0.6 is 11.6 Å². The van der Waals surface area contributed by atoms with E-state index in [1.165, 1.54) is 0 Å². The normalized spacial score (nSPS) is 13.1. The molecule has 5 nitrogen and oxygen atoms in total. The summed E-state index contributed by atoms with van der Waals surface area (Å²) in [6.07, 6.45) is 1.27. The van der Waals surface area contributed by atoms with Crippen molar-refractivity contribution in [1.29, 1.82) is 0 Å². The van der Waals surface area contributed by atoms with Crippen molar-refractivity contribution in [2.24, 2.45) is 0 Å². The van der Waals surface area contributed by atoms with Crippen LogP contribution in [0.5, 0.6) is 0 Å². The Morgan fingerprint density at radius 2 is 1.93 bits per heavy atom. The molecule has 0 bridgehead atoms. The molecule has 0 aliphatic carbocycles. The first-order valence-electron chi connectivity index (χ1n) is 9.94. The van der Waals surface area contributed by atoms with Crippen LogP contribution in [0.1, 0.15) is 69.0 Å². The Labute approximate surface area is 176 Å². The topological polar surface area (TPSA) is 67.5 Å². The third kappa shape index (κ3) is 4.01. The van der Waals surface area contributed by atoms with Crippen molar-refractivity contribution < 1.29 is 9.90 Å². The Morgan fingerprint density at radius 3 is 2.48 bits per heavy atom. The molecule has 0 saturated heterocycles. The summed E-state index contributed by atoms with van der Waals surface area (Å²) in [4.78, 5) is 16.9. The van der Waals surface area contributed by atoms with Crippen molar-refractivity contribution in [3.8, 4) is 11.3 Å². The second-order valence-corrected chi connectivity index (χ2v) is 9.08. The molecule has 154 valence electrons. The van der Waals surface area contributed by atoms with E-state index in [4.69, 9.17) is 21.7 Å². The lowest BCUT2D eigenvalue weighted by molar-refractivity contribution is -0.139. The molecule has 2 aromatic heterocycles. The van der Waals surface area contributed by atoms with Crippen molar-refractivity contribution in [2.75, 3.05) is 0 Å². The van der Waals surface area contributed by atoms with E-state index in [2.05, 4.69) is 20.8 Å². The average molecular weight is 414 g/mol. The van der Waals surface area contributed by atoms with Gasteiger partial charge in [-0.05, 0) is 31.9 Å². The minimum absolute atomic E-state index is 0.161. The van der Waals surface area contributed by atoms with Crippen LogP contribution in [0.3, 0.4) is 0 Å². The van der Waals surface area contributed by atoms with Gasteiger partial charge in [0.1, 0.15) is 0 Å². The van der Waals surface area contributed by atoms with Gasteiger partial charge in [0.25, 0.3) is 0 Å². The van der Waals surface area contributed by atoms with Gasteiger partial charge in [0, 0.05) is 28.3 Å². The number of aliphatic carboxylic acids is 1. The number of rotatable bonds is 5. The maximum Gasteiger partial charge on any atom is 0.311 e. The SMILES string of the molecule is CCCC(C(=O)O)c1c(C)nc2cc(C(C)(C)C)nn2c1-c1ccc(C)cc1Cl. The number of aryl methyl sites for hydroxylation is 2. The third-order valence-corrected chi connectivity index (χ3v) is 5.51. The molecule has 0 aliphatic heterocycles. The first-order chi connectivity index (χ1) is 13.5. The maximum absolute atomic E-state index is 12.2. The van der Waals surface area contributed by atoms with Gasteiger partial charge < -0.3 is 5.11 Å². The molecule has 0 aliphatic rings. The highest BCUT2D eigenvalue weighted by Crippen LogP contribution is 2.38. The van der Waals surface area contributed by atoms with Crippen LogP contribution in [0.2, 0.25) is 5.02 Å².